The fourth-order valence-corrected chi connectivity index (χ4v) is 3.09. The van der Waals surface area contributed by atoms with Crippen molar-refractivity contribution < 1.29 is 4.74 Å². The molecular weight excluding hydrogens is 272 g/mol. The van der Waals surface area contributed by atoms with Gasteiger partial charge in [-0.15, -0.1) is 0 Å². The molecule has 1 heterocycles. The molecule has 1 unspecified atom stereocenters. The van der Waals surface area contributed by atoms with Crippen LogP contribution in [0.25, 0.3) is 10.9 Å². The summed E-state index contributed by atoms with van der Waals surface area (Å²) in [6, 6.07) is 17.1. The van der Waals surface area contributed by atoms with Crippen molar-refractivity contribution >= 4 is 10.9 Å². The first-order chi connectivity index (χ1) is 10.8. The zero-order valence-corrected chi connectivity index (χ0v) is 13.1. The Kier molecular flexibility index (Phi) is 4.45. The molecule has 0 aliphatic heterocycles. The van der Waals surface area contributed by atoms with Gasteiger partial charge in [-0.05, 0) is 31.6 Å². The number of methoxy groups -OCH3 is 1. The SMILES string of the molecule is CNCCC(c1ccccc1)c1ccc2cc[nH]c2c1OC. The third kappa shape index (κ3) is 2.72. The Bertz CT molecular complexity index is 734. The lowest BCUT2D eigenvalue weighted by atomic mass is 9.87. The van der Waals surface area contributed by atoms with E-state index in [1.54, 1.807) is 7.11 Å². The Morgan fingerprint density at radius 1 is 1.09 bits per heavy atom. The molecule has 0 saturated carbocycles. The van der Waals surface area contributed by atoms with E-state index in [2.05, 4.69) is 58.8 Å². The van der Waals surface area contributed by atoms with Gasteiger partial charge in [-0.25, -0.2) is 0 Å². The minimum absolute atomic E-state index is 0.316. The average Bonchev–Trinajstić information content (AvgIpc) is 3.04. The molecule has 0 aliphatic rings. The van der Waals surface area contributed by atoms with Crippen LogP contribution >= 0.6 is 0 Å². The second kappa shape index (κ2) is 6.67. The van der Waals surface area contributed by atoms with Gasteiger partial charge in [-0.1, -0.05) is 42.5 Å². The maximum atomic E-state index is 5.75. The predicted molar refractivity (Wildman–Crippen MR) is 91.7 cm³/mol. The van der Waals surface area contributed by atoms with Gasteiger partial charge in [0, 0.05) is 23.1 Å². The molecule has 2 N–H and O–H groups in total. The number of hydrogen-bond donors (Lipinski definition) is 2. The Morgan fingerprint density at radius 3 is 2.64 bits per heavy atom. The van der Waals surface area contributed by atoms with E-state index in [1.807, 2.05) is 13.2 Å². The van der Waals surface area contributed by atoms with E-state index in [0.717, 1.165) is 24.2 Å². The van der Waals surface area contributed by atoms with Crippen LogP contribution in [0.15, 0.2) is 54.7 Å². The summed E-state index contributed by atoms with van der Waals surface area (Å²) in [6.07, 6.45) is 2.99. The monoisotopic (exact) mass is 294 g/mol. The van der Waals surface area contributed by atoms with E-state index in [-0.39, 0.29) is 0 Å². The standard InChI is InChI=1S/C19H22N2O/c1-20-12-11-16(14-6-4-3-5-7-14)17-9-8-15-10-13-21-18(15)19(17)22-2/h3-10,13,16,20-21H,11-12H2,1-2H3. The molecule has 3 heteroatoms. The molecule has 0 aliphatic carbocycles. The van der Waals surface area contributed by atoms with Crippen LogP contribution in [0.4, 0.5) is 0 Å². The van der Waals surface area contributed by atoms with Crippen molar-refractivity contribution in [3.05, 3.63) is 65.9 Å². The van der Waals surface area contributed by atoms with Crippen molar-refractivity contribution in [1.29, 1.82) is 0 Å². The highest BCUT2D eigenvalue weighted by atomic mass is 16.5. The number of nitrogens with one attached hydrogen (secondary N) is 2. The van der Waals surface area contributed by atoms with Gasteiger partial charge < -0.3 is 15.0 Å². The van der Waals surface area contributed by atoms with Crippen LogP contribution in [0.3, 0.4) is 0 Å². The first-order valence-electron chi connectivity index (χ1n) is 7.68. The fourth-order valence-electron chi connectivity index (χ4n) is 3.09. The van der Waals surface area contributed by atoms with Gasteiger partial charge in [0.1, 0.15) is 5.75 Å². The van der Waals surface area contributed by atoms with Gasteiger partial charge >= 0.3 is 0 Å². The lowest BCUT2D eigenvalue weighted by Crippen LogP contribution is -2.14. The summed E-state index contributed by atoms with van der Waals surface area (Å²) in [6.45, 7) is 0.964. The second-order valence-corrected chi connectivity index (χ2v) is 5.49. The predicted octanol–water partition coefficient (Wildman–Crippen LogP) is 3.92. The summed E-state index contributed by atoms with van der Waals surface area (Å²) in [7, 11) is 3.74. The number of fused-ring (bicyclic) bond motifs is 1. The van der Waals surface area contributed by atoms with E-state index in [1.165, 1.54) is 16.5 Å². The quantitative estimate of drug-likeness (QED) is 0.723. The van der Waals surface area contributed by atoms with Gasteiger partial charge in [0.05, 0.1) is 12.6 Å². The van der Waals surface area contributed by atoms with Crippen LogP contribution in [0, 0.1) is 0 Å². The molecule has 0 bridgehead atoms. The maximum Gasteiger partial charge on any atom is 0.146 e. The number of hydrogen-bond acceptors (Lipinski definition) is 2. The highest BCUT2D eigenvalue weighted by molar-refractivity contribution is 5.87. The molecule has 0 amide bonds. The molecule has 3 aromatic rings. The van der Waals surface area contributed by atoms with Gasteiger partial charge in [-0.2, -0.15) is 0 Å². The first-order valence-corrected chi connectivity index (χ1v) is 7.68. The van der Waals surface area contributed by atoms with Crippen LogP contribution in [0.1, 0.15) is 23.5 Å². The third-order valence-corrected chi connectivity index (χ3v) is 4.18. The van der Waals surface area contributed by atoms with Crippen molar-refractivity contribution in [2.45, 2.75) is 12.3 Å². The van der Waals surface area contributed by atoms with Crippen molar-refractivity contribution in [2.75, 3.05) is 20.7 Å². The Balaban J connectivity index is 2.11. The Hall–Kier alpha value is -2.26. The van der Waals surface area contributed by atoms with Crippen molar-refractivity contribution in [1.82, 2.24) is 10.3 Å². The smallest absolute Gasteiger partial charge is 0.146 e. The molecule has 3 nitrogen and oxygen atoms in total. The molecule has 22 heavy (non-hydrogen) atoms. The summed E-state index contributed by atoms with van der Waals surface area (Å²) in [5.41, 5.74) is 3.63. The topological polar surface area (TPSA) is 37.0 Å². The fraction of sp³-hybridized carbons (Fsp3) is 0.263. The molecule has 1 aromatic heterocycles. The second-order valence-electron chi connectivity index (χ2n) is 5.49. The number of benzene rings is 2. The van der Waals surface area contributed by atoms with Gasteiger partial charge in [0.15, 0.2) is 0 Å². The lowest BCUT2D eigenvalue weighted by molar-refractivity contribution is 0.410. The van der Waals surface area contributed by atoms with E-state index in [0.29, 0.717) is 5.92 Å². The average molecular weight is 294 g/mol. The van der Waals surface area contributed by atoms with Crippen LogP contribution in [0.5, 0.6) is 5.75 Å². The molecule has 0 fully saturated rings. The number of ether oxygens (including phenoxy) is 1. The largest absolute Gasteiger partial charge is 0.494 e. The van der Waals surface area contributed by atoms with Crippen LogP contribution in [-0.4, -0.2) is 25.7 Å². The lowest BCUT2D eigenvalue weighted by Gasteiger charge is -2.21. The van der Waals surface area contributed by atoms with Crippen molar-refractivity contribution in [3.63, 3.8) is 0 Å². The highest BCUT2D eigenvalue weighted by Crippen LogP contribution is 2.38. The Morgan fingerprint density at radius 2 is 1.91 bits per heavy atom. The van der Waals surface area contributed by atoms with Crippen molar-refractivity contribution in [3.8, 4) is 5.75 Å². The zero-order chi connectivity index (χ0) is 15.4. The van der Waals surface area contributed by atoms with Crippen LogP contribution < -0.4 is 10.1 Å². The van der Waals surface area contributed by atoms with Gasteiger partial charge in [-0.3, -0.25) is 0 Å². The summed E-state index contributed by atoms with van der Waals surface area (Å²) >= 11 is 0. The number of aromatic amines is 1. The molecular formula is C19H22N2O. The van der Waals surface area contributed by atoms with Crippen LogP contribution in [-0.2, 0) is 0 Å². The van der Waals surface area contributed by atoms with E-state index >= 15 is 0 Å². The summed E-state index contributed by atoms with van der Waals surface area (Å²) < 4.78 is 5.75. The molecule has 0 radical (unpaired) electrons. The molecule has 0 spiro atoms. The van der Waals surface area contributed by atoms with Crippen LogP contribution in [0.2, 0.25) is 0 Å². The maximum absolute atomic E-state index is 5.75. The summed E-state index contributed by atoms with van der Waals surface area (Å²) in [4.78, 5) is 3.30. The summed E-state index contributed by atoms with van der Waals surface area (Å²) in [5.74, 6) is 1.27. The molecule has 114 valence electrons. The molecule has 1 atom stereocenters. The summed E-state index contributed by atoms with van der Waals surface area (Å²) in [5, 5.41) is 4.44. The molecule has 3 rings (SSSR count). The number of rotatable bonds is 6. The van der Waals surface area contributed by atoms with E-state index in [4.69, 9.17) is 4.74 Å². The van der Waals surface area contributed by atoms with Gasteiger partial charge in [0.2, 0.25) is 0 Å². The minimum atomic E-state index is 0.316. The highest BCUT2D eigenvalue weighted by Gasteiger charge is 2.20. The number of aromatic nitrogens is 1. The molecule has 2 aromatic carbocycles. The zero-order valence-electron chi connectivity index (χ0n) is 13.1. The third-order valence-electron chi connectivity index (χ3n) is 4.18. The van der Waals surface area contributed by atoms with Gasteiger partial charge in [0.25, 0.3) is 0 Å². The van der Waals surface area contributed by atoms with E-state index in [9.17, 15) is 0 Å². The normalized spacial score (nSPS) is 12.5. The minimum Gasteiger partial charge on any atom is -0.494 e. The molecule has 0 saturated heterocycles. The number of H-pyrrole nitrogens is 1. The Labute approximate surface area is 131 Å². The van der Waals surface area contributed by atoms with E-state index < -0.39 is 0 Å². The van der Waals surface area contributed by atoms with Crippen molar-refractivity contribution in [2.24, 2.45) is 0 Å². The first kappa shape index (κ1) is 14.7.